The van der Waals surface area contributed by atoms with Gasteiger partial charge in [-0.05, 0) is 53.1 Å². The molecule has 1 saturated heterocycles. The molecule has 4 aromatic carbocycles. The fourth-order valence-corrected chi connectivity index (χ4v) is 6.10. The summed E-state index contributed by atoms with van der Waals surface area (Å²) in [6.07, 6.45) is 0.251. The maximum atomic E-state index is 14.1. The van der Waals surface area contributed by atoms with Crippen molar-refractivity contribution in [2.75, 3.05) is 46.8 Å². The van der Waals surface area contributed by atoms with Crippen LogP contribution in [0.2, 0.25) is 0 Å². The fourth-order valence-electron chi connectivity index (χ4n) is 6.10. The van der Waals surface area contributed by atoms with E-state index in [1.165, 1.54) is 4.90 Å². The lowest BCUT2D eigenvalue weighted by Gasteiger charge is -2.39. The first-order chi connectivity index (χ1) is 21.8. The molecular formula is C37H45N5O3. The van der Waals surface area contributed by atoms with Crippen molar-refractivity contribution in [3.8, 4) is 0 Å². The summed E-state index contributed by atoms with van der Waals surface area (Å²) < 4.78 is 0. The SMILES string of the molecule is CN1CCN([C@H](O)[C@@H](CNC(=O)[C@@H](Cc2ccc3ccccc3c2)N(C)C(=O)c2cccc(CN)c2)Cc2ccccc2)CC1. The van der Waals surface area contributed by atoms with Crippen LogP contribution in [0.4, 0.5) is 0 Å². The topological polar surface area (TPSA) is 102 Å². The minimum Gasteiger partial charge on any atom is -0.378 e. The van der Waals surface area contributed by atoms with E-state index in [9.17, 15) is 14.7 Å². The van der Waals surface area contributed by atoms with Gasteiger partial charge in [0.1, 0.15) is 12.3 Å². The second kappa shape index (κ2) is 15.3. The van der Waals surface area contributed by atoms with Crippen molar-refractivity contribution in [3.05, 3.63) is 119 Å². The Labute approximate surface area is 266 Å². The van der Waals surface area contributed by atoms with Crippen molar-refractivity contribution in [2.24, 2.45) is 11.7 Å². The molecule has 0 saturated carbocycles. The molecule has 0 spiro atoms. The summed E-state index contributed by atoms with van der Waals surface area (Å²) >= 11 is 0. The molecule has 1 aliphatic rings. The fraction of sp³-hybridized carbons (Fsp3) is 0.351. The average Bonchev–Trinajstić information content (AvgIpc) is 3.08. The number of nitrogens with zero attached hydrogens (tertiary/aromatic N) is 3. The number of hydrogen-bond donors (Lipinski definition) is 3. The zero-order valence-corrected chi connectivity index (χ0v) is 26.3. The summed E-state index contributed by atoms with van der Waals surface area (Å²) in [7, 11) is 3.77. The maximum Gasteiger partial charge on any atom is 0.254 e. The van der Waals surface area contributed by atoms with Crippen LogP contribution in [0.15, 0.2) is 97.1 Å². The summed E-state index contributed by atoms with van der Waals surface area (Å²) in [5.41, 5.74) is 9.25. The van der Waals surface area contributed by atoms with Crippen molar-refractivity contribution < 1.29 is 14.7 Å². The van der Waals surface area contributed by atoms with Gasteiger partial charge >= 0.3 is 0 Å². The Bertz CT molecular complexity index is 1570. The lowest BCUT2D eigenvalue weighted by atomic mass is 9.95. The monoisotopic (exact) mass is 607 g/mol. The van der Waals surface area contributed by atoms with Gasteiger partial charge in [-0.1, -0.05) is 84.9 Å². The van der Waals surface area contributed by atoms with Crippen LogP contribution in [-0.4, -0.2) is 90.7 Å². The quantitative estimate of drug-likeness (QED) is 0.228. The van der Waals surface area contributed by atoms with Gasteiger partial charge in [-0.2, -0.15) is 0 Å². The average molecular weight is 608 g/mol. The molecule has 8 heteroatoms. The molecule has 0 unspecified atom stereocenters. The Balaban J connectivity index is 1.38. The summed E-state index contributed by atoms with van der Waals surface area (Å²) in [6.45, 7) is 3.90. The second-order valence-electron chi connectivity index (χ2n) is 12.2. The van der Waals surface area contributed by atoms with Gasteiger partial charge in [-0.15, -0.1) is 0 Å². The Morgan fingerprint density at radius 2 is 1.51 bits per heavy atom. The minimum atomic E-state index is -0.765. The number of benzene rings is 4. The van der Waals surface area contributed by atoms with Gasteiger partial charge in [0.05, 0.1) is 0 Å². The molecule has 3 atom stereocenters. The van der Waals surface area contributed by atoms with Gasteiger partial charge in [0.25, 0.3) is 5.91 Å². The first kappa shape index (κ1) is 32.3. The van der Waals surface area contributed by atoms with Crippen molar-refractivity contribution in [1.82, 2.24) is 20.0 Å². The number of rotatable bonds is 12. The summed E-state index contributed by atoms with van der Waals surface area (Å²) in [5, 5.41) is 16.9. The first-order valence-corrected chi connectivity index (χ1v) is 15.8. The largest absolute Gasteiger partial charge is 0.378 e. The number of carbonyl (C=O) groups excluding carboxylic acids is 2. The second-order valence-corrected chi connectivity index (χ2v) is 12.2. The van der Waals surface area contributed by atoms with Crippen LogP contribution in [0.25, 0.3) is 10.8 Å². The maximum absolute atomic E-state index is 14.1. The standard InChI is InChI=1S/C37H45N5O3/c1-40-17-19-42(20-18-40)37(45)33(21-27-9-4-3-5-10-27)26-39-35(43)34(24-28-15-16-30-12-6-7-13-31(30)22-28)41(2)36(44)32-14-8-11-29(23-32)25-38/h3-16,22-23,33-34,37,45H,17-21,24-26,38H2,1-2H3,(H,39,43)/t33-,34-,37-/m1/s1. The Kier molecular flexibility index (Phi) is 11.0. The van der Waals surface area contributed by atoms with E-state index in [-0.39, 0.29) is 24.3 Å². The van der Waals surface area contributed by atoms with E-state index in [1.54, 1.807) is 19.2 Å². The highest BCUT2D eigenvalue weighted by molar-refractivity contribution is 5.97. The molecule has 0 aliphatic carbocycles. The third-order valence-electron chi connectivity index (χ3n) is 8.96. The molecule has 1 heterocycles. The molecule has 0 radical (unpaired) electrons. The number of hydrogen-bond acceptors (Lipinski definition) is 6. The zero-order chi connectivity index (χ0) is 31.8. The van der Waals surface area contributed by atoms with Crippen LogP contribution in [0, 0.1) is 5.92 Å². The Morgan fingerprint density at radius 1 is 0.822 bits per heavy atom. The number of nitrogens with two attached hydrogens (primary N) is 1. The Hall–Kier alpha value is -4.08. The number of aliphatic hydroxyl groups excluding tert-OH is 1. The minimum absolute atomic E-state index is 0.233. The molecule has 4 aromatic rings. The Morgan fingerprint density at radius 3 is 2.24 bits per heavy atom. The van der Waals surface area contributed by atoms with Crippen LogP contribution in [0.1, 0.15) is 27.0 Å². The highest BCUT2D eigenvalue weighted by atomic mass is 16.3. The number of piperazine rings is 1. The molecule has 2 amide bonds. The number of nitrogens with one attached hydrogen (secondary N) is 1. The summed E-state index contributed by atoms with van der Waals surface area (Å²) in [6, 6.07) is 30.8. The molecule has 236 valence electrons. The zero-order valence-electron chi connectivity index (χ0n) is 26.3. The van der Waals surface area contributed by atoms with Gasteiger partial charge in [0.2, 0.25) is 5.91 Å². The number of carbonyl (C=O) groups is 2. The van der Waals surface area contributed by atoms with Gasteiger partial charge in [0, 0.05) is 64.2 Å². The van der Waals surface area contributed by atoms with E-state index in [4.69, 9.17) is 5.73 Å². The van der Waals surface area contributed by atoms with Crippen LogP contribution in [0.5, 0.6) is 0 Å². The first-order valence-electron chi connectivity index (χ1n) is 15.8. The third kappa shape index (κ3) is 8.35. The molecule has 1 fully saturated rings. The number of aliphatic hydroxyl groups is 1. The summed E-state index contributed by atoms with van der Waals surface area (Å²) in [5.74, 6) is -0.731. The smallest absolute Gasteiger partial charge is 0.254 e. The number of amides is 2. The number of fused-ring (bicyclic) bond motifs is 1. The predicted molar refractivity (Wildman–Crippen MR) is 180 cm³/mol. The molecule has 4 N–H and O–H groups in total. The van der Waals surface area contributed by atoms with Gasteiger partial charge in [-0.25, -0.2) is 0 Å². The van der Waals surface area contributed by atoms with Crippen molar-refractivity contribution >= 4 is 22.6 Å². The molecule has 45 heavy (non-hydrogen) atoms. The van der Waals surface area contributed by atoms with Crippen LogP contribution >= 0.6 is 0 Å². The lowest BCUT2D eigenvalue weighted by molar-refractivity contribution is -0.126. The summed E-state index contributed by atoms with van der Waals surface area (Å²) in [4.78, 5) is 33.7. The van der Waals surface area contributed by atoms with Crippen molar-refractivity contribution in [3.63, 3.8) is 0 Å². The van der Waals surface area contributed by atoms with Gasteiger partial charge in [0.15, 0.2) is 0 Å². The van der Waals surface area contributed by atoms with Crippen LogP contribution in [-0.2, 0) is 24.2 Å². The molecule has 1 aliphatic heterocycles. The normalized spacial score (nSPS) is 16.2. The van der Waals surface area contributed by atoms with E-state index < -0.39 is 12.3 Å². The van der Waals surface area contributed by atoms with Crippen LogP contribution in [0.3, 0.4) is 0 Å². The number of likely N-dealkylation sites (N-methyl/N-ethyl adjacent to an activating group) is 2. The van der Waals surface area contributed by atoms with Crippen LogP contribution < -0.4 is 11.1 Å². The van der Waals surface area contributed by atoms with E-state index in [0.29, 0.717) is 24.9 Å². The molecular weight excluding hydrogens is 562 g/mol. The highest BCUT2D eigenvalue weighted by Gasteiger charge is 2.32. The van der Waals surface area contributed by atoms with Crippen molar-refractivity contribution in [2.45, 2.75) is 31.7 Å². The van der Waals surface area contributed by atoms with E-state index >= 15 is 0 Å². The van der Waals surface area contributed by atoms with Crippen molar-refractivity contribution in [1.29, 1.82) is 0 Å². The van der Waals surface area contributed by atoms with Gasteiger partial charge in [-0.3, -0.25) is 14.5 Å². The molecule has 0 aromatic heterocycles. The van der Waals surface area contributed by atoms with E-state index in [0.717, 1.165) is 53.6 Å². The molecule has 5 rings (SSSR count). The highest BCUT2D eigenvalue weighted by Crippen LogP contribution is 2.21. The lowest BCUT2D eigenvalue weighted by Crippen LogP contribution is -2.54. The van der Waals surface area contributed by atoms with E-state index in [1.807, 2.05) is 48.5 Å². The molecule has 0 bridgehead atoms. The van der Waals surface area contributed by atoms with E-state index in [2.05, 4.69) is 58.6 Å². The third-order valence-corrected chi connectivity index (χ3v) is 8.96. The predicted octanol–water partition coefficient (Wildman–Crippen LogP) is 3.52. The van der Waals surface area contributed by atoms with Gasteiger partial charge < -0.3 is 26.0 Å². The molecule has 8 nitrogen and oxygen atoms in total.